The van der Waals surface area contributed by atoms with E-state index in [1.807, 2.05) is 37.8 Å². The number of anilines is 2. The molecule has 4 aromatic heterocycles. The Balaban J connectivity index is 1.20. The van der Waals surface area contributed by atoms with Crippen LogP contribution in [0.25, 0.3) is 15.3 Å². The Bertz CT molecular complexity index is 1650. The Hall–Kier alpha value is -4.30. The van der Waals surface area contributed by atoms with Crippen molar-refractivity contribution in [2.24, 2.45) is 0 Å². The smallest absolute Gasteiger partial charge is 0.410 e. The van der Waals surface area contributed by atoms with Crippen LogP contribution in [0.2, 0.25) is 0 Å². The van der Waals surface area contributed by atoms with Gasteiger partial charge in [0.1, 0.15) is 10.4 Å². The average molecular weight is 623 g/mol. The first-order valence-corrected chi connectivity index (χ1v) is 15.4. The van der Waals surface area contributed by atoms with Crippen molar-refractivity contribution in [3.05, 3.63) is 48.3 Å². The maximum absolute atomic E-state index is 13.3. The zero-order chi connectivity index (χ0) is 31.4. The van der Waals surface area contributed by atoms with Gasteiger partial charge in [-0.1, -0.05) is 0 Å². The van der Waals surface area contributed by atoms with Crippen LogP contribution in [-0.4, -0.2) is 79.1 Å². The molecule has 14 heteroatoms. The van der Waals surface area contributed by atoms with E-state index < -0.39 is 5.60 Å². The monoisotopic (exact) mass is 622 g/mol. The van der Waals surface area contributed by atoms with Crippen molar-refractivity contribution < 1.29 is 23.9 Å². The van der Waals surface area contributed by atoms with Gasteiger partial charge in [-0.2, -0.15) is 10.2 Å². The number of aromatic nitrogens is 5. The van der Waals surface area contributed by atoms with E-state index in [1.165, 1.54) is 17.5 Å². The molecule has 1 fully saturated rings. The van der Waals surface area contributed by atoms with Crippen LogP contribution >= 0.6 is 11.3 Å². The number of thiazole rings is 1. The van der Waals surface area contributed by atoms with Gasteiger partial charge in [0, 0.05) is 44.1 Å². The number of nitrogens with zero attached hydrogens (tertiary/aromatic N) is 6. The number of aryl methyl sites for hydroxylation is 1. The molecule has 234 valence electrons. The average Bonchev–Trinajstić information content (AvgIpc) is 3.75. The lowest BCUT2D eigenvalue weighted by Crippen LogP contribution is -2.40. The van der Waals surface area contributed by atoms with E-state index in [0.717, 1.165) is 23.3 Å². The summed E-state index contributed by atoms with van der Waals surface area (Å²) in [5.41, 5.74) is 2.34. The summed E-state index contributed by atoms with van der Waals surface area (Å²) >= 11 is 1.45. The van der Waals surface area contributed by atoms with Gasteiger partial charge < -0.3 is 25.0 Å². The maximum atomic E-state index is 13.3. The summed E-state index contributed by atoms with van der Waals surface area (Å²) in [6, 6.07) is 1.65. The van der Waals surface area contributed by atoms with Crippen molar-refractivity contribution in [1.29, 1.82) is 0 Å². The lowest BCUT2D eigenvalue weighted by molar-refractivity contribution is -0.116. The van der Waals surface area contributed by atoms with Crippen LogP contribution in [-0.2, 0) is 20.8 Å². The van der Waals surface area contributed by atoms with Gasteiger partial charge in [-0.25, -0.2) is 9.31 Å². The number of methoxy groups -OCH3 is 1. The molecule has 0 spiro atoms. The highest BCUT2D eigenvalue weighted by atomic mass is 32.1. The van der Waals surface area contributed by atoms with Crippen LogP contribution in [0.1, 0.15) is 62.5 Å². The topological polar surface area (TPSA) is 145 Å². The highest BCUT2D eigenvalue weighted by molar-refractivity contribution is 7.21. The van der Waals surface area contributed by atoms with Gasteiger partial charge in [-0.3, -0.25) is 19.3 Å². The number of nitrogens with one attached hydrogen (secondary N) is 2. The number of likely N-dealkylation sites (tertiary alicyclic amines) is 1. The van der Waals surface area contributed by atoms with Crippen molar-refractivity contribution in [2.45, 2.75) is 71.6 Å². The molecule has 5 rings (SSSR count). The first kappa shape index (κ1) is 31.1. The van der Waals surface area contributed by atoms with Gasteiger partial charge >= 0.3 is 6.09 Å². The normalized spacial score (nSPS) is 15.1. The van der Waals surface area contributed by atoms with E-state index in [-0.39, 0.29) is 30.4 Å². The minimum absolute atomic E-state index is 0.0425. The summed E-state index contributed by atoms with van der Waals surface area (Å²) in [5.74, 6) is -0.528. The molecule has 0 aliphatic carbocycles. The first-order valence-electron chi connectivity index (χ1n) is 14.6. The van der Waals surface area contributed by atoms with E-state index in [0.29, 0.717) is 53.6 Å². The molecule has 1 saturated heterocycles. The van der Waals surface area contributed by atoms with Gasteiger partial charge in [-0.15, -0.1) is 11.3 Å². The molecule has 4 aromatic rings. The van der Waals surface area contributed by atoms with E-state index >= 15 is 0 Å². The largest absolute Gasteiger partial charge is 0.444 e. The second-order valence-corrected chi connectivity index (χ2v) is 12.8. The molecule has 0 radical (unpaired) electrons. The van der Waals surface area contributed by atoms with E-state index in [9.17, 15) is 14.4 Å². The third-order valence-electron chi connectivity index (χ3n) is 7.21. The second-order valence-electron chi connectivity index (χ2n) is 11.8. The fourth-order valence-electron chi connectivity index (χ4n) is 5.01. The summed E-state index contributed by atoms with van der Waals surface area (Å²) in [4.78, 5) is 46.4. The highest BCUT2D eigenvalue weighted by Crippen LogP contribution is 2.31. The Morgan fingerprint density at radius 2 is 1.93 bits per heavy atom. The fourth-order valence-corrected chi connectivity index (χ4v) is 6.04. The lowest BCUT2D eigenvalue weighted by Gasteiger charge is -2.28. The van der Waals surface area contributed by atoms with E-state index in [2.05, 4.69) is 25.8 Å². The van der Waals surface area contributed by atoms with Crippen molar-refractivity contribution in [2.75, 3.05) is 30.9 Å². The fraction of sp³-hybridized carbons (Fsp3) is 0.467. The molecule has 1 aliphatic heterocycles. The number of pyridine rings is 1. The number of amides is 3. The Kier molecular flexibility index (Phi) is 9.30. The van der Waals surface area contributed by atoms with Crippen molar-refractivity contribution in [3.8, 4) is 10.4 Å². The molecule has 3 amide bonds. The van der Waals surface area contributed by atoms with Crippen molar-refractivity contribution in [3.63, 3.8) is 0 Å². The number of hydrogen-bond acceptors (Lipinski definition) is 9. The molecule has 44 heavy (non-hydrogen) atoms. The number of ether oxygens (including phenoxy) is 2. The predicted octanol–water partition coefficient (Wildman–Crippen LogP) is 4.98. The summed E-state index contributed by atoms with van der Waals surface area (Å²) in [6.45, 7) is 9.14. The first-order chi connectivity index (χ1) is 21.0. The Morgan fingerprint density at radius 3 is 2.70 bits per heavy atom. The third-order valence-corrected chi connectivity index (χ3v) is 8.37. The van der Waals surface area contributed by atoms with Crippen LogP contribution in [0.15, 0.2) is 37.1 Å². The van der Waals surface area contributed by atoms with Gasteiger partial charge in [-0.05, 0) is 53.0 Å². The molecule has 0 aromatic carbocycles. The minimum Gasteiger partial charge on any atom is -0.444 e. The number of carbonyl (C=O) groups excluding carboxylic acids is 3. The zero-order valence-corrected chi connectivity index (χ0v) is 26.4. The molecule has 0 bridgehead atoms. The van der Waals surface area contributed by atoms with E-state index in [1.54, 1.807) is 41.9 Å². The summed E-state index contributed by atoms with van der Waals surface area (Å²) < 4.78 is 14.1. The molecule has 13 nitrogen and oxygen atoms in total. The van der Waals surface area contributed by atoms with Gasteiger partial charge in [0.25, 0.3) is 5.91 Å². The lowest BCUT2D eigenvalue weighted by atomic mass is 10.1. The molecular formula is C30H38N8O5S. The molecule has 5 heterocycles. The Morgan fingerprint density at radius 1 is 1.11 bits per heavy atom. The van der Waals surface area contributed by atoms with Crippen molar-refractivity contribution in [1.82, 2.24) is 29.3 Å². The van der Waals surface area contributed by atoms with Crippen LogP contribution < -0.4 is 10.6 Å². The standard InChI is InChI=1S/C30H38N8O5S/c1-19-24(13-21(15-31-19)34-26(39)9-8-22-7-6-10-37(22)29(41)43-30(2,3)4)35-27(40)23-16-33-38-18-25(44-28(23)38)20-14-32-36(17-20)11-12-42-5/h13-18,22H,6-12H2,1-5H3,(H,34,39)(H,35,40). The molecular weight excluding hydrogens is 584 g/mol. The van der Waals surface area contributed by atoms with Gasteiger partial charge in [0.05, 0.1) is 59.3 Å². The summed E-state index contributed by atoms with van der Waals surface area (Å²) in [5, 5.41) is 14.5. The molecule has 1 atom stereocenters. The number of hydrogen-bond donors (Lipinski definition) is 2. The zero-order valence-electron chi connectivity index (χ0n) is 25.6. The molecule has 1 unspecified atom stereocenters. The number of rotatable bonds is 10. The van der Waals surface area contributed by atoms with E-state index in [4.69, 9.17) is 9.47 Å². The minimum atomic E-state index is -0.570. The van der Waals surface area contributed by atoms with Crippen molar-refractivity contribution >= 4 is 45.4 Å². The van der Waals surface area contributed by atoms with Gasteiger partial charge in [0.15, 0.2) is 0 Å². The second kappa shape index (κ2) is 13.1. The Labute approximate surface area is 259 Å². The van der Waals surface area contributed by atoms with Crippen LogP contribution in [0.4, 0.5) is 16.2 Å². The van der Waals surface area contributed by atoms with Crippen LogP contribution in [0, 0.1) is 6.92 Å². The quantitative estimate of drug-likeness (QED) is 0.252. The third kappa shape index (κ3) is 7.42. The van der Waals surface area contributed by atoms with Gasteiger partial charge in [0.2, 0.25) is 5.91 Å². The van der Waals surface area contributed by atoms with Crippen LogP contribution in [0.5, 0.6) is 0 Å². The summed E-state index contributed by atoms with van der Waals surface area (Å²) in [6.07, 6.45) is 10.8. The maximum Gasteiger partial charge on any atom is 0.410 e. The number of carbonyl (C=O) groups is 3. The molecule has 1 aliphatic rings. The molecule has 0 saturated carbocycles. The predicted molar refractivity (Wildman–Crippen MR) is 167 cm³/mol. The molecule has 2 N–H and O–H groups in total. The highest BCUT2D eigenvalue weighted by Gasteiger charge is 2.32. The number of fused-ring (bicyclic) bond motifs is 1. The SMILES string of the molecule is COCCn1cc(-c2cn3ncc(C(=O)Nc4cc(NC(=O)CCC5CCCN5C(=O)OC(C)(C)C)cnc4C)c3s2)cn1. The summed E-state index contributed by atoms with van der Waals surface area (Å²) in [7, 11) is 1.65. The van der Waals surface area contributed by atoms with Crippen LogP contribution in [0.3, 0.4) is 0 Å².